The Bertz CT molecular complexity index is 1210. The van der Waals surface area contributed by atoms with Crippen LogP contribution in [0.25, 0.3) is 6.08 Å². The molecular formula is C31H44N2O3Si2. The van der Waals surface area contributed by atoms with Gasteiger partial charge >= 0.3 is 0 Å². The normalized spacial score (nSPS) is 13.2. The average molecular weight is 549 g/mol. The summed E-state index contributed by atoms with van der Waals surface area (Å²) in [5, 5.41) is 12.4. The fourth-order valence-electron chi connectivity index (χ4n) is 2.94. The predicted molar refractivity (Wildman–Crippen MR) is 163 cm³/mol. The molecule has 2 aromatic rings. The van der Waals surface area contributed by atoms with Crippen molar-refractivity contribution in [3.63, 3.8) is 0 Å². The van der Waals surface area contributed by atoms with E-state index in [0.717, 1.165) is 22.6 Å². The fourth-order valence-corrected chi connectivity index (χ4v) is 4.98. The first-order valence-corrected chi connectivity index (χ1v) is 18.9. The number of benzene rings is 2. The largest absolute Gasteiger partial charge is 0.541 e. The van der Waals surface area contributed by atoms with Gasteiger partial charge in [-0.1, -0.05) is 90.1 Å². The van der Waals surface area contributed by atoms with Crippen molar-refractivity contribution in [2.45, 2.75) is 84.4 Å². The molecule has 0 unspecified atom stereocenters. The first-order valence-electron chi connectivity index (χ1n) is 13.1. The van der Waals surface area contributed by atoms with E-state index in [0.29, 0.717) is 6.54 Å². The van der Waals surface area contributed by atoms with Crippen molar-refractivity contribution in [3.05, 3.63) is 77.4 Å². The van der Waals surface area contributed by atoms with E-state index in [9.17, 15) is 10.1 Å². The first kappa shape index (κ1) is 31.1. The summed E-state index contributed by atoms with van der Waals surface area (Å²) < 4.78 is 13.4. The molecule has 0 radical (unpaired) electrons. The van der Waals surface area contributed by atoms with Crippen molar-refractivity contribution in [2.24, 2.45) is 0 Å². The molecule has 204 valence electrons. The number of hydrogen-bond donors (Lipinski definition) is 1. The van der Waals surface area contributed by atoms with Crippen molar-refractivity contribution >= 4 is 28.6 Å². The van der Waals surface area contributed by atoms with Crippen LogP contribution in [0.5, 0.6) is 11.5 Å². The van der Waals surface area contributed by atoms with Crippen LogP contribution in [-0.4, -0.2) is 22.5 Å². The van der Waals surface area contributed by atoms with Gasteiger partial charge in [0, 0.05) is 6.54 Å². The Morgan fingerprint density at radius 1 is 0.895 bits per heavy atom. The van der Waals surface area contributed by atoms with Crippen molar-refractivity contribution in [2.75, 3.05) is 0 Å². The number of allylic oxidation sites excluding steroid dienone is 2. The number of amides is 1. The lowest BCUT2D eigenvalue weighted by atomic mass is 10.1. The lowest BCUT2D eigenvalue weighted by Crippen LogP contribution is -2.45. The zero-order valence-electron chi connectivity index (χ0n) is 24.7. The Kier molecular flexibility index (Phi) is 9.98. The molecule has 0 aliphatic carbocycles. The van der Waals surface area contributed by atoms with Crippen LogP contribution in [0.3, 0.4) is 0 Å². The lowest BCUT2D eigenvalue weighted by Gasteiger charge is -2.39. The fraction of sp³-hybridized carbons (Fsp3) is 0.419. The molecule has 7 heteroatoms. The van der Waals surface area contributed by atoms with Crippen LogP contribution in [0, 0.1) is 11.3 Å². The third kappa shape index (κ3) is 8.47. The van der Waals surface area contributed by atoms with E-state index in [-0.39, 0.29) is 15.6 Å². The molecule has 2 aromatic carbocycles. The Morgan fingerprint density at radius 3 is 1.97 bits per heavy atom. The molecule has 38 heavy (non-hydrogen) atoms. The highest BCUT2D eigenvalue weighted by atomic mass is 28.4. The van der Waals surface area contributed by atoms with Crippen LogP contribution < -0.4 is 14.2 Å². The van der Waals surface area contributed by atoms with Crippen LogP contribution >= 0.6 is 0 Å². The molecule has 0 aromatic heterocycles. The van der Waals surface area contributed by atoms with Gasteiger partial charge in [-0.25, -0.2) is 0 Å². The zero-order valence-corrected chi connectivity index (χ0v) is 26.7. The molecule has 2 rings (SSSR count). The summed E-state index contributed by atoms with van der Waals surface area (Å²) in [4.78, 5) is 12.5. The standard InChI is InChI=1S/C31H44N2O3Si2/c1-30(2,3)37(7,8)35-27-20-19-24(21-28(27)36-38(9,10)31(4,5)6)17-14-18-26(22-32)29(34)33-23-25-15-12-11-13-16-25/h11-21H,23H2,1-10H3,(H,33,34)/b17-14+,26-18+. The third-order valence-electron chi connectivity index (χ3n) is 7.52. The van der Waals surface area contributed by atoms with Gasteiger partial charge in [-0.15, -0.1) is 0 Å². The topological polar surface area (TPSA) is 71.3 Å². The minimum Gasteiger partial charge on any atom is -0.541 e. The molecule has 1 amide bonds. The van der Waals surface area contributed by atoms with Gasteiger partial charge in [0.25, 0.3) is 22.5 Å². The molecule has 1 N–H and O–H groups in total. The Hall–Kier alpha value is -3.09. The van der Waals surface area contributed by atoms with Gasteiger partial charge in [-0.05, 0) is 65.6 Å². The number of nitriles is 1. The van der Waals surface area contributed by atoms with E-state index >= 15 is 0 Å². The summed E-state index contributed by atoms with van der Waals surface area (Å²) in [6.45, 7) is 22.6. The molecule has 0 bridgehead atoms. The predicted octanol–water partition coefficient (Wildman–Crippen LogP) is 8.23. The zero-order chi connectivity index (χ0) is 28.8. The first-order chi connectivity index (χ1) is 17.5. The van der Waals surface area contributed by atoms with Gasteiger partial charge in [0.2, 0.25) is 0 Å². The molecule has 5 nitrogen and oxygen atoms in total. The third-order valence-corrected chi connectivity index (χ3v) is 16.2. The van der Waals surface area contributed by atoms with Crippen LogP contribution in [0.15, 0.2) is 66.3 Å². The van der Waals surface area contributed by atoms with Crippen LogP contribution in [0.2, 0.25) is 36.3 Å². The van der Waals surface area contributed by atoms with Gasteiger partial charge < -0.3 is 14.2 Å². The summed E-state index contributed by atoms with van der Waals surface area (Å²) in [5.41, 5.74) is 1.93. The van der Waals surface area contributed by atoms with E-state index in [2.05, 4.69) is 73.0 Å². The minimum absolute atomic E-state index is 0.0324. The number of nitrogens with zero attached hydrogens (tertiary/aromatic N) is 1. The van der Waals surface area contributed by atoms with Gasteiger partial charge in [0.15, 0.2) is 0 Å². The lowest BCUT2D eigenvalue weighted by molar-refractivity contribution is -0.117. The van der Waals surface area contributed by atoms with E-state index in [1.54, 1.807) is 6.08 Å². The van der Waals surface area contributed by atoms with Crippen molar-refractivity contribution in [3.8, 4) is 17.6 Å². The summed E-state index contributed by atoms with van der Waals surface area (Å²) in [7, 11) is -4.20. The molecule has 0 atom stereocenters. The Balaban J connectivity index is 2.32. The van der Waals surface area contributed by atoms with Gasteiger partial charge in [-0.3, -0.25) is 4.79 Å². The SMILES string of the molecule is CC(C)(C)[Si](C)(C)Oc1ccc(/C=C/C=C(\C#N)C(=O)NCc2ccccc2)cc1O[Si](C)(C)C(C)(C)C. The second-order valence-electron chi connectivity index (χ2n) is 12.7. The van der Waals surface area contributed by atoms with Crippen LogP contribution in [-0.2, 0) is 11.3 Å². The number of nitrogens with one attached hydrogen (secondary N) is 1. The van der Waals surface area contributed by atoms with E-state index in [1.165, 1.54) is 6.08 Å². The maximum absolute atomic E-state index is 12.5. The highest BCUT2D eigenvalue weighted by molar-refractivity contribution is 6.75. The smallest absolute Gasteiger partial charge is 0.262 e. The molecule has 0 heterocycles. The second kappa shape index (κ2) is 12.2. The number of carbonyl (C=O) groups excluding carboxylic acids is 1. The van der Waals surface area contributed by atoms with E-state index < -0.39 is 22.5 Å². The van der Waals surface area contributed by atoms with Gasteiger partial charge in [0.05, 0.1) is 0 Å². The summed E-state index contributed by atoms with van der Waals surface area (Å²) >= 11 is 0. The molecule has 0 saturated carbocycles. The second-order valence-corrected chi connectivity index (χ2v) is 22.1. The van der Waals surface area contributed by atoms with E-state index in [4.69, 9.17) is 8.85 Å². The van der Waals surface area contributed by atoms with Crippen LogP contribution in [0.4, 0.5) is 0 Å². The number of rotatable bonds is 9. The molecule has 0 fully saturated rings. The maximum atomic E-state index is 12.5. The Morgan fingerprint density at radius 2 is 1.45 bits per heavy atom. The summed E-state index contributed by atoms with van der Waals surface area (Å²) in [6.07, 6.45) is 5.13. The Labute approximate surface area is 231 Å². The molecular weight excluding hydrogens is 505 g/mol. The highest BCUT2D eigenvalue weighted by Gasteiger charge is 2.42. The molecule has 0 spiro atoms. The minimum atomic E-state index is -2.12. The number of hydrogen-bond acceptors (Lipinski definition) is 4. The van der Waals surface area contributed by atoms with Crippen molar-refractivity contribution in [1.29, 1.82) is 5.26 Å². The van der Waals surface area contributed by atoms with Crippen molar-refractivity contribution < 1.29 is 13.6 Å². The van der Waals surface area contributed by atoms with Gasteiger partial charge in [0.1, 0.15) is 23.1 Å². The van der Waals surface area contributed by atoms with Gasteiger partial charge in [-0.2, -0.15) is 5.26 Å². The highest BCUT2D eigenvalue weighted by Crippen LogP contribution is 2.43. The van der Waals surface area contributed by atoms with E-state index in [1.807, 2.05) is 60.7 Å². The van der Waals surface area contributed by atoms with Crippen LogP contribution in [0.1, 0.15) is 52.7 Å². The van der Waals surface area contributed by atoms with Crippen molar-refractivity contribution in [1.82, 2.24) is 5.32 Å². The molecule has 0 aliphatic heterocycles. The summed E-state index contributed by atoms with van der Waals surface area (Å²) in [6, 6.07) is 17.6. The average Bonchev–Trinajstić information content (AvgIpc) is 2.80. The maximum Gasteiger partial charge on any atom is 0.262 e. The quantitative estimate of drug-likeness (QED) is 0.148. The monoisotopic (exact) mass is 548 g/mol. The molecule has 0 saturated heterocycles. The number of carbonyl (C=O) groups is 1. The summed E-state index contributed by atoms with van der Waals surface area (Å²) in [5.74, 6) is 1.11. The molecule has 0 aliphatic rings.